The van der Waals surface area contributed by atoms with Gasteiger partial charge in [-0.3, -0.25) is 14.5 Å². The number of carbonyl (C=O) groups is 2. The molecule has 0 spiro atoms. The fourth-order valence-electron chi connectivity index (χ4n) is 6.22. The molecule has 1 saturated carbocycles. The molecule has 1 aliphatic heterocycles. The molecule has 4 aliphatic rings. The summed E-state index contributed by atoms with van der Waals surface area (Å²) in [7, 11) is 0. The number of aryl methyl sites for hydroxylation is 1. The third kappa shape index (κ3) is 5.35. The molecule has 37 heavy (non-hydrogen) atoms. The largest absolute Gasteiger partial charge is 0.336 e. The first-order valence-electron chi connectivity index (χ1n) is 13.5. The van der Waals surface area contributed by atoms with Crippen molar-refractivity contribution in [3.8, 4) is 0 Å². The first kappa shape index (κ1) is 25.7. The van der Waals surface area contributed by atoms with Gasteiger partial charge in [0, 0.05) is 56.9 Å². The van der Waals surface area contributed by atoms with Gasteiger partial charge in [0.25, 0.3) is 11.8 Å². The van der Waals surface area contributed by atoms with Crippen molar-refractivity contribution in [2.45, 2.75) is 33.6 Å². The van der Waals surface area contributed by atoms with Crippen LogP contribution in [0.4, 0.5) is 4.39 Å². The molecule has 0 radical (unpaired) electrons. The highest BCUT2D eigenvalue weighted by atomic mass is 19.1. The van der Waals surface area contributed by atoms with Crippen LogP contribution >= 0.6 is 0 Å². The summed E-state index contributed by atoms with van der Waals surface area (Å²) >= 11 is 0. The van der Waals surface area contributed by atoms with Crippen molar-refractivity contribution < 1.29 is 14.0 Å². The Morgan fingerprint density at radius 1 is 0.973 bits per heavy atom. The van der Waals surface area contributed by atoms with Crippen LogP contribution in [0.15, 0.2) is 60.2 Å². The molecule has 2 aromatic rings. The SMILES string of the molecule is Cc1ccc(C(=O)N2CCN(CCN(CC3=CCC4CC3C4(C)C)C(=O)c3ccc(F)cc3)CC2)cc1. The Hall–Kier alpha value is -2.99. The third-order valence-electron chi connectivity index (χ3n) is 8.98. The molecule has 2 fully saturated rings. The molecule has 2 amide bonds. The van der Waals surface area contributed by atoms with Crippen molar-refractivity contribution in [1.82, 2.24) is 14.7 Å². The van der Waals surface area contributed by atoms with E-state index in [-0.39, 0.29) is 17.6 Å². The maximum atomic E-state index is 13.5. The zero-order valence-electron chi connectivity index (χ0n) is 22.3. The second-order valence-corrected chi connectivity index (χ2v) is 11.6. The molecule has 2 bridgehead atoms. The summed E-state index contributed by atoms with van der Waals surface area (Å²) in [4.78, 5) is 32.6. The Morgan fingerprint density at radius 3 is 2.24 bits per heavy atom. The number of halogens is 1. The van der Waals surface area contributed by atoms with Crippen molar-refractivity contribution in [3.63, 3.8) is 0 Å². The second-order valence-electron chi connectivity index (χ2n) is 11.6. The van der Waals surface area contributed by atoms with Gasteiger partial charge in [-0.1, -0.05) is 43.2 Å². The number of hydrogen-bond donors (Lipinski definition) is 0. The minimum Gasteiger partial charge on any atom is -0.336 e. The number of hydrogen-bond acceptors (Lipinski definition) is 3. The number of rotatable bonds is 7. The molecule has 2 aromatic carbocycles. The van der Waals surface area contributed by atoms with Crippen molar-refractivity contribution in [2.24, 2.45) is 17.3 Å². The Bertz CT molecular complexity index is 1160. The first-order chi connectivity index (χ1) is 17.7. The number of fused-ring (bicyclic) bond motifs is 1. The number of piperazine rings is 1. The standard InChI is InChI=1S/C31H38FN3O2/c1-22-4-6-23(7-5-22)29(36)34-17-14-33(15-18-34)16-19-35(30(37)24-9-12-27(32)13-10-24)21-25-8-11-26-20-28(25)31(26,2)3/h4-10,12-13,26,28H,11,14-21H2,1-3H3. The lowest BCUT2D eigenvalue weighted by molar-refractivity contribution is -0.0105. The summed E-state index contributed by atoms with van der Waals surface area (Å²) < 4.78 is 13.5. The fourth-order valence-corrected chi connectivity index (χ4v) is 6.22. The Morgan fingerprint density at radius 2 is 1.62 bits per heavy atom. The van der Waals surface area contributed by atoms with Crippen LogP contribution in [0, 0.1) is 30.0 Å². The summed E-state index contributed by atoms with van der Waals surface area (Å²) in [5.74, 6) is 0.984. The molecule has 5 nitrogen and oxygen atoms in total. The maximum absolute atomic E-state index is 13.5. The molecule has 1 saturated heterocycles. The highest BCUT2D eigenvalue weighted by Crippen LogP contribution is 2.59. The molecule has 2 unspecified atom stereocenters. The van der Waals surface area contributed by atoms with Gasteiger partial charge in [-0.15, -0.1) is 0 Å². The fraction of sp³-hybridized carbons (Fsp3) is 0.484. The van der Waals surface area contributed by atoms with E-state index in [9.17, 15) is 14.0 Å². The number of carbonyl (C=O) groups excluding carboxylic acids is 2. The van der Waals surface area contributed by atoms with E-state index < -0.39 is 0 Å². The summed E-state index contributed by atoms with van der Waals surface area (Å²) in [5, 5.41) is 0. The predicted octanol–water partition coefficient (Wildman–Crippen LogP) is 5.03. The second kappa shape index (κ2) is 10.4. The number of amides is 2. The normalized spacial score (nSPS) is 22.7. The molecule has 0 aromatic heterocycles. The van der Waals surface area contributed by atoms with Gasteiger partial charge in [0.15, 0.2) is 0 Å². The molecule has 6 heteroatoms. The Balaban J connectivity index is 1.21. The lowest BCUT2D eigenvalue weighted by Gasteiger charge is -2.57. The summed E-state index contributed by atoms with van der Waals surface area (Å²) in [6.07, 6.45) is 4.66. The summed E-state index contributed by atoms with van der Waals surface area (Å²) in [6, 6.07) is 13.6. The van der Waals surface area contributed by atoms with Crippen LogP contribution in [0.1, 0.15) is 53.0 Å². The van der Waals surface area contributed by atoms with Crippen molar-refractivity contribution in [1.29, 1.82) is 0 Å². The molecule has 6 rings (SSSR count). The minimum atomic E-state index is -0.335. The van der Waals surface area contributed by atoms with Gasteiger partial charge in [0.1, 0.15) is 5.82 Å². The monoisotopic (exact) mass is 503 g/mol. The Kier molecular flexibility index (Phi) is 7.21. The summed E-state index contributed by atoms with van der Waals surface area (Å²) in [5.41, 5.74) is 4.08. The van der Waals surface area contributed by atoms with Crippen molar-refractivity contribution >= 4 is 11.8 Å². The molecular formula is C31H38FN3O2. The van der Waals surface area contributed by atoms with Crippen LogP contribution in [-0.2, 0) is 0 Å². The van der Waals surface area contributed by atoms with Crippen LogP contribution in [0.2, 0.25) is 0 Å². The smallest absolute Gasteiger partial charge is 0.254 e. The third-order valence-corrected chi connectivity index (χ3v) is 8.98. The first-order valence-corrected chi connectivity index (χ1v) is 13.5. The maximum Gasteiger partial charge on any atom is 0.254 e. The van der Waals surface area contributed by atoms with Gasteiger partial charge in [-0.25, -0.2) is 4.39 Å². The quantitative estimate of drug-likeness (QED) is 0.498. The zero-order chi connectivity index (χ0) is 26.2. The molecule has 1 heterocycles. The van der Waals surface area contributed by atoms with Gasteiger partial charge in [0.05, 0.1) is 0 Å². The zero-order valence-corrected chi connectivity index (χ0v) is 22.3. The minimum absolute atomic E-state index is 0.0478. The van der Waals surface area contributed by atoms with E-state index in [2.05, 4.69) is 24.8 Å². The highest BCUT2D eigenvalue weighted by Gasteiger charge is 2.51. The van der Waals surface area contributed by atoms with Crippen LogP contribution < -0.4 is 0 Å². The van der Waals surface area contributed by atoms with E-state index in [1.54, 1.807) is 12.1 Å². The predicted molar refractivity (Wildman–Crippen MR) is 144 cm³/mol. The van der Waals surface area contributed by atoms with E-state index in [0.717, 1.165) is 43.1 Å². The highest BCUT2D eigenvalue weighted by molar-refractivity contribution is 5.95. The number of nitrogens with zero attached hydrogens (tertiary/aromatic N) is 3. The average molecular weight is 504 g/mol. The molecule has 0 N–H and O–H groups in total. The average Bonchev–Trinajstić information content (AvgIpc) is 2.91. The van der Waals surface area contributed by atoms with Gasteiger partial charge >= 0.3 is 0 Å². The van der Waals surface area contributed by atoms with Crippen LogP contribution in [0.3, 0.4) is 0 Å². The molecule has 3 aliphatic carbocycles. The van der Waals surface area contributed by atoms with Crippen LogP contribution in [0.25, 0.3) is 0 Å². The van der Waals surface area contributed by atoms with Gasteiger partial charge in [-0.2, -0.15) is 0 Å². The van der Waals surface area contributed by atoms with E-state index >= 15 is 0 Å². The topological polar surface area (TPSA) is 43.9 Å². The van der Waals surface area contributed by atoms with Crippen molar-refractivity contribution in [2.75, 3.05) is 45.8 Å². The Labute approximate surface area is 219 Å². The molecule has 196 valence electrons. The van der Waals surface area contributed by atoms with E-state index in [1.165, 1.54) is 24.1 Å². The van der Waals surface area contributed by atoms with E-state index in [1.807, 2.05) is 41.0 Å². The van der Waals surface area contributed by atoms with Crippen LogP contribution in [0.5, 0.6) is 0 Å². The number of benzene rings is 2. The van der Waals surface area contributed by atoms with Gasteiger partial charge < -0.3 is 9.80 Å². The summed E-state index contributed by atoms with van der Waals surface area (Å²) in [6.45, 7) is 11.6. The van der Waals surface area contributed by atoms with Gasteiger partial charge in [0.2, 0.25) is 0 Å². The van der Waals surface area contributed by atoms with Crippen molar-refractivity contribution in [3.05, 3.63) is 82.7 Å². The van der Waals surface area contributed by atoms with E-state index in [4.69, 9.17) is 0 Å². The molecule has 2 atom stereocenters. The van der Waals surface area contributed by atoms with Crippen LogP contribution in [-0.4, -0.2) is 72.3 Å². The lowest BCUT2D eigenvalue weighted by Crippen LogP contribution is -2.52. The number of allylic oxidation sites excluding steroid dienone is 1. The molecular weight excluding hydrogens is 465 g/mol. The van der Waals surface area contributed by atoms with Gasteiger partial charge in [-0.05, 0) is 73.4 Å². The lowest BCUT2D eigenvalue weighted by atomic mass is 9.49. The van der Waals surface area contributed by atoms with E-state index in [0.29, 0.717) is 43.1 Å².